The van der Waals surface area contributed by atoms with Gasteiger partial charge in [-0.1, -0.05) is 29.8 Å². The number of allylic oxidation sites excluding steroid dienone is 1. The number of alkyl halides is 3. The average Bonchev–Trinajstić information content (AvgIpc) is 3.13. The number of aldehydes is 1. The molecular weight excluding hydrogens is 405 g/mol. The number of halogens is 4. The molecule has 0 heterocycles. The summed E-state index contributed by atoms with van der Waals surface area (Å²) < 4.78 is 46.7. The fourth-order valence-corrected chi connectivity index (χ4v) is 3.64. The minimum absolute atomic E-state index is 0.234. The maximum absolute atomic E-state index is 12.3. The maximum atomic E-state index is 12.3. The third kappa shape index (κ3) is 6.00. The first-order valence-corrected chi connectivity index (χ1v) is 9.65. The lowest BCUT2D eigenvalue weighted by atomic mass is 10.0. The summed E-state index contributed by atoms with van der Waals surface area (Å²) in [5.74, 6) is 0.402. The molecule has 2 aromatic rings. The molecule has 3 nitrogen and oxygen atoms in total. The van der Waals surface area contributed by atoms with E-state index in [0.29, 0.717) is 30.2 Å². The molecular formula is C22H20ClF3O3. The van der Waals surface area contributed by atoms with E-state index >= 15 is 0 Å². The molecule has 1 aliphatic rings. The van der Waals surface area contributed by atoms with Crippen molar-refractivity contribution in [1.29, 1.82) is 0 Å². The van der Waals surface area contributed by atoms with Crippen molar-refractivity contribution in [1.82, 2.24) is 0 Å². The molecule has 154 valence electrons. The number of aryl methyl sites for hydroxylation is 1. The van der Waals surface area contributed by atoms with E-state index in [1.54, 1.807) is 18.2 Å². The van der Waals surface area contributed by atoms with Crippen molar-refractivity contribution in [3.05, 3.63) is 64.2 Å². The van der Waals surface area contributed by atoms with Crippen molar-refractivity contribution in [2.24, 2.45) is 0 Å². The van der Waals surface area contributed by atoms with Gasteiger partial charge in [-0.2, -0.15) is 0 Å². The highest BCUT2D eigenvalue weighted by Gasteiger charge is 2.31. The van der Waals surface area contributed by atoms with Gasteiger partial charge >= 0.3 is 6.36 Å². The fraction of sp³-hybridized carbons (Fsp3) is 0.318. The summed E-state index contributed by atoms with van der Waals surface area (Å²) in [6, 6.07) is 11.3. The quantitative estimate of drug-likeness (QED) is 0.461. The predicted molar refractivity (Wildman–Crippen MR) is 105 cm³/mol. The first-order chi connectivity index (χ1) is 13.9. The van der Waals surface area contributed by atoms with Crippen LogP contribution in [-0.4, -0.2) is 19.3 Å². The Hall–Kier alpha value is -2.47. The summed E-state index contributed by atoms with van der Waals surface area (Å²) in [6.07, 6.45) is -0.131. The van der Waals surface area contributed by atoms with Crippen LogP contribution in [0.3, 0.4) is 0 Å². The summed E-state index contributed by atoms with van der Waals surface area (Å²) in [4.78, 5) is 10.5. The molecule has 0 amide bonds. The first kappa shape index (κ1) is 21.2. The zero-order valence-electron chi connectivity index (χ0n) is 15.6. The topological polar surface area (TPSA) is 35.5 Å². The lowest BCUT2D eigenvalue weighted by Crippen LogP contribution is -2.17. The number of benzene rings is 2. The molecule has 0 N–H and O–H groups in total. The molecule has 0 bridgehead atoms. The Bertz CT molecular complexity index is 889. The van der Waals surface area contributed by atoms with Gasteiger partial charge in [0.2, 0.25) is 0 Å². The summed E-state index contributed by atoms with van der Waals surface area (Å²) >= 11 is 6.25. The normalized spacial score (nSPS) is 14.2. The number of carbonyl (C=O) groups excluding carboxylic acids is 1. The van der Waals surface area contributed by atoms with E-state index in [2.05, 4.69) is 4.74 Å². The Balaban J connectivity index is 1.67. The van der Waals surface area contributed by atoms with Gasteiger partial charge in [0, 0.05) is 11.4 Å². The molecule has 0 unspecified atom stereocenters. The van der Waals surface area contributed by atoms with E-state index in [-0.39, 0.29) is 5.75 Å². The molecule has 0 aromatic heterocycles. The van der Waals surface area contributed by atoms with Crippen LogP contribution in [0.5, 0.6) is 11.5 Å². The Morgan fingerprint density at radius 1 is 1.03 bits per heavy atom. The van der Waals surface area contributed by atoms with Gasteiger partial charge < -0.3 is 14.3 Å². The van der Waals surface area contributed by atoms with Crippen molar-refractivity contribution >= 4 is 23.5 Å². The van der Waals surface area contributed by atoms with E-state index in [4.69, 9.17) is 16.3 Å². The van der Waals surface area contributed by atoms with Gasteiger partial charge in [0.1, 0.15) is 24.4 Å². The van der Waals surface area contributed by atoms with Gasteiger partial charge in [-0.15, -0.1) is 13.2 Å². The summed E-state index contributed by atoms with van der Waals surface area (Å²) in [7, 11) is 0. The molecule has 29 heavy (non-hydrogen) atoms. The van der Waals surface area contributed by atoms with Gasteiger partial charge in [-0.05, 0) is 72.2 Å². The highest BCUT2D eigenvalue weighted by molar-refractivity contribution is 6.31. The van der Waals surface area contributed by atoms with Crippen LogP contribution in [0.1, 0.15) is 36.8 Å². The van der Waals surface area contributed by atoms with Crippen LogP contribution in [-0.2, 0) is 11.2 Å². The molecule has 7 heteroatoms. The van der Waals surface area contributed by atoms with Crippen LogP contribution < -0.4 is 9.47 Å². The van der Waals surface area contributed by atoms with E-state index < -0.39 is 6.36 Å². The smallest absolute Gasteiger partial charge is 0.489 e. The monoisotopic (exact) mass is 424 g/mol. The van der Waals surface area contributed by atoms with Gasteiger partial charge in [-0.3, -0.25) is 0 Å². The van der Waals surface area contributed by atoms with Gasteiger partial charge in [0.05, 0.1) is 0 Å². The molecule has 3 rings (SSSR count). The fourth-order valence-electron chi connectivity index (χ4n) is 3.38. The molecule has 1 aliphatic carbocycles. The molecule has 0 radical (unpaired) electrons. The Kier molecular flexibility index (Phi) is 6.85. The lowest BCUT2D eigenvalue weighted by Gasteiger charge is -2.13. The largest absolute Gasteiger partial charge is 0.573 e. The van der Waals surface area contributed by atoms with E-state index in [1.807, 2.05) is 12.1 Å². The van der Waals surface area contributed by atoms with Crippen molar-refractivity contribution in [2.75, 3.05) is 6.61 Å². The number of ether oxygens (including phenoxy) is 2. The second kappa shape index (κ2) is 9.35. The molecule has 2 aromatic carbocycles. The van der Waals surface area contributed by atoms with Crippen molar-refractivity contribution < 1.29 is 27.4 Å². The molecule has 0 saturated heterocycles. The third-order valence-corrected chi connectivity index (χ3v) is 5.09. The van der Waals surface area contributed by atoms with Crippen LogP contribution >= 0.6 is 11.6 Å². The molecule has 0 fully saturated rings. The second-order valence-electron chi connectivity index (χ2n) is 6.76. The zero-order valence-corrected chi connectivity index (χ0v) is 16.4. The summed E-state index contributed by atoms with van der Waals surface area (Å²) in [6.45, 7) is 0.389. The minimum atomic E-state index is -4.70. The zero-order chi connectivity index (χ0) is 20.9. The highest BCUT2D eigenvalue weighted by Crippen LogP contribution is 2.35. The van der Waals surface area contributed by atoms with Crippen LogP contribution in [0.15, 0.2) is 48.0 Å². The standard InChI is InChI=1S/C22H20ClF3O3/c23-21-13-19(11-8-16(21)4-2-12-27)28-14-17-3-1-5-20(17)15-6-9-18(10-7-15)29-22(24,25)26/h6-13H,1-5,14H2. The third-order valence-electron chi connectivity index (χ3n) is 4.74. The molecule has 0 saturated carbocycles. The SMILES string of the molecule is O=CCCc1ccc(OCC2=C(c3ccc(OC(F)(F)F)cc3)CCC2)cc1Cl. The van der Waals surface area contributed by atoms with Crippen molar-refractivity contribution in [2.45, 2.75) is 38.5 Å². The lowest BCUT2D eigenvalue weighted by molar-refractivity contribution is -0.274. The van der Waals surface area contributed by atoms with Gasteiger partial charge in [0.15, 0.2) is 0 Å². The second-order valence-corrected chi connectivity index (χ2v) is 7.16. The Morgan fingerprint density at radius 3 is 2.41 bits per heavy atom. The van der Waals surface area contributed by atoms with E-state index in [0.717, 1.165) is 47.8 Å². The summed E-state index contributed by atoms with van der Waals surface area (Å²) in [5, 5.41) is 0.560. The average molecular weight is 425 g/mol. The number of rotatable bonds is 8. The first-order valence-electron chi connectivity index (χ1n) is 9.27. The molecule has 0 atom stereocenters. The van der Waals surface area contributed by atoms with Crippen LogP contribution in [0.2, 0.25) is 5.02 Å². The number of hydrogen-bond donors (Lipinski definition) is 0. The van der Waals surface area contributed by atoms with Crippen molar-refractivity contribution in [3.8, 4) is 11.5 Å². The van der Waals surface area contributed by atoms with Gasteiger partial charge in [-0.25, -0.2) is 0 Å². The van der Waals surface area contributed by atoms with Crippen LogP contribution in [0.4, 0.5) is 13.2 Å². The summed E-state index contributed by atoms with van der Waals surface area (Å²) in [5.41, 5.74) is 3.99. The van der Waals surface area contributed by atoms with Crippen LogP contribution in [0.25, 0.3) is 5.57 Å². The van der Waals surface area contributed by atoms with Gasteiger partial charge in [0.25, 0.3) is 0 Å². The molecule has 0 spiro atoms. The highest BCUT2D eigenvalue weighted by atomic mass is 35.5. The molecule has 0 aliphatic heterocycles. The van der Waals surface area contributed by atoms with Crippen LogP contribution in [0, 0.1) is 0 Å². The number of carbonyl (C=O) groups is 1. The maximum Gasteiger partial charge on any atom is 0.573 e. The van der Waals surface area contributed by atoms with E-state index in [9.17, 15) is 18.0 Å². The Labute approximate surface area is 172 Å². The number of hydrogen-bond acceptors (Lipinski definition) is 3. The predicted octanol–water partition coefficient (Wildman–Crippen LogP) is 6.39. The Morgan fingerprint density at radius 2 is 1.76 bits per heavy atom. The van der Waals surface area contributed by atoms with Crippen molar-refractivity contribution in [3.63, 3.8) is 0 Å². The van der Waals surface area contributed by atoms with E-state index in [1.165, 1.54) is 12.1 Å². The minimum Gasteiger partial charge on any atom is -0.489 e.